The van der Waals surface area contributed by atoms with Crippen molar-refractivity contribution < 1.29 is 29.6 Å². The molecule has 0 saturated heterocycles. The molecule has 4 fully saturated rings. The second-order valence-corrected chi connectivity index (χ2v) is 14.4. The number of hydrogen-bond donors (Lipinski definition) is 4. The Balaban J connectivity index is 1.74. The molecular formula is C31H51NO6. The molecule has 0 aromatic rings. The van der Waals surface area contributed by atoms with Crippen LogP contribution in [0.5, 0.6) is 0 Å². The first-order chi connectivity index (χ1) is 17.7. The van der Waals surface area contributed by atoms with E-state index in [4.69, 9.17) is 10.1 Å². The third-order valence-electron chi connectivity index (χ3n) is 12.2. The van der Waals surface area contributed by atoms with Crippen molar-refractivity contribution in [2.45, 2.75) is 118 Å². The maximum absolute atomic E-state index is 12.7. The number of nitrogens with one attached hydrogen (secondary N) is 1. The smallest absolute Gasteiger partial charge is 0.306 e. The molecule has 216 valence electrons. The van der Waals surface area contributed by atoms with Gasteiger partial charge in [0, 0.05) is 25.0 Å². The third-order valence-corrected chi connectivity index (χ3v) is 12.2. The molecule has 4 saturated carbocycles. The lowest BCUT2D eigenvalue weighted by Gasteiger charge is -2.69. The highest BCUT2D eigenvalue weighted by Gasteiger charge is 2.72. The molecule has 0 bridgehead atoms. The van der Waals surface area contributed by atoms with Crippen molar-refractivity contribution in [1.29, 1.82) is 5.41 Å². The number of carbonyl (C=O) groups excluding carboxylic acids is 1. The monoisotopic (exact) mass is 533 g/mol. The summed E-state index contributed by atoms with van der Waals surface area (Å²) in [6.45, 7) is 12.5. The first-order valence-electron chi connectivity index (χ1n) is 15.0. The van der Waals surface area contributed by atoms with Crippen LogP contribution in [-0.2, 0) is 14.3 Å². The van der Waals surface area contributed by atoms with E-state index in [0.717, 1.165) is 32.1 Å². The molecule has 0 spiro atoms. The molecule has 0 aliphatic heterocycles. The van der Waals surface area contributed by atoms with Crippen molar-refractivity contribution in [3.63, 3.8) is 0 Å². The van der Waals surface area contributed by atoms with Crippen LogP contribution in [0.3, 0.4) is 0 Å². The Hall–Kier alpha value is -1.47. The molecular weight excluding hydrogens is 482 g/mol. The highest BCUT2D eigenvalue weighted by atomic mass is 16.5. The van der Waals surface area contributed by atoms with Crippen LogP contribution in [0.4, 0.5) is 0 Å². The number of hydrogen-bond acceptors (Lipinski definition) is 6. The molecule has 38 heavy (non-hydrogen) atoms. The summed E-state index contributed by atoms with van der Waals surface area (Å²) < 4.78 is 5.93. The van der Waals surface area contributed by atoms with Gasteiger partial charge in [0.15, 0.2) is 0 Å². The van der Waals surface area contributed by atoms with Gasteiger partial charge in [-0.15, -0.1) is 0 Å². The second-order valence-electron chi connectivity index (χ2n) is 14.4. The van der Waals surface area contributed by atoms with Crippen LogP contribution in [0.25, 0.3) is 0 Å². The van der Waals surface area contributed by atoms with Crippen LogP contribution < -0.4 is 0 Å². The maximum atomic E-state index is 12.7. The molecule has 0 heterocycles. The average molecular weight is 534 g/mol. The van der Waals surface area contributed by atoms with Crippen molar-refractivity contribution in [1.82, 2.24) is 0 Å². The normalized spacial score (nSPS) is 47.0. The number of ether oxygens (including phenoxy) is 1. The fourth-order valence-corrected chi connectivity index (χ4v) is 10.5. The van der Waals surface area contributed by atoms with Gasteiger partial charge in [-0.05, 0) is 84.9 Å². The highest BCUT2D eigenvalue weighted by Crippen LogP contribution is 2.74. The molecule has 7 nitrogen and oxygen atoms in total. The van der Waals surface area contributed by atoms with Gasteiger partial charge < -0.3 is 25.5 Å². The van der Waals surface area contributed by atoms with Crippen LogP contribution in [0.15, 0.2) is 0 Å². The Morgan fingerprint density at radius 2 is 1.71 bits per heavy atom. The first kappa shape index (κ1) is 29.5. The number of fused-ring (bicyclic) bond motifs is 5. The summed E-state index contributed by atoms with van der Waals surface area (Å²) in [5.41, 5.74) is -0.790. The van der Waals surface area contributed by atoms with Crippen molar-refractivity contribution >= 4 is 18.2 Å². The Bertz CT molecular complexity index is 922. The van der Waals surface area contributed by atoms with Crippen LogP contribution in [0.2, 0.25) is 0 Å². The van der Waals surface area contributed by atoms with Crippen LogP contribution in [0, 0.1) is 63.1 Å². The summed E-state index contributed by atoms with van der Waals surface area (Å²) >= 11 is 0. The Morgan fingerprint density at radius 1 is 1.03 bits per heavy atom. The van der Waals surface area contributed by atoms with E-state index >= 15 is 0 Å². The maximum Gasteiger partial charge on any atom is 0.306 e. The standard InChI is InChI=1S/C31H51NO6/c1-17(2)8-7-9-19(28(36)37)26-22-14-24(35)27-29(4)12-11-23(34)20(16-32)21(29)10-13-30(27,5)31(22,6)15-25(26)38-18(3)33/h16-17,19-27,32,34-35H,7-15H2,1-6H3,(H,36,37)/t19?,20-,21-,22-,23+,24+,25-,26?,27-,29-,30-,31-/m0/s1. The number of rotatable bonds is 8. The van der Waals surface area contributed by atoms with Gasteiger partial charge in [0.25, 0.3) is 0 Å². The van der Waals surface area contributed by atoms with Crippen LogP contribution >= 0.6 is 0 Å². The summed E-state index contributed by atoms with van der Waals surface area (Å²) in [4.78, 5) is 25.0. The minimum atomic E-state index is -0.826. The van der Waals surface area contributed by atoms with Gasteiger partial charge in [0.2, 0.25) is 0 Å². The van der Waals surface area contributed by atoms with E-state index < -0.39 is 30.2 Å². The van der Waals surface area contributed by atoms with Crippen molar-refractivity contribution in [2.24, 2.45) is 57.7 Å². The van der Waals surface area contributed by atoms with Gasteiger partial charge in [-0.1, -0.05) is 47.5 Å². The number of carbonyl (C=O) groups is 2. The predicted octanol–water partition coefficient (Wildman–Crippen LogP) is 5.31. The molecule has 4 N–H and O–H groups in total. The molecule has 4 aliphatic carbocycles. The van der Waals surface area contributed by atoms with Gasteiger partial charge in [0.1, 0.15) is 6.10 Å². The summed E-state index contributed by atoms with van der Waals surface area (Å²) in [6, 6.07) is 0. The molecule has 4 rings (SSSR count). The summed E-state index contributed by atoms with van der Waals surface area (Å²) in [5, 5.41) is 41.1. The SMILES string of the molecule is CC(=O)O[C@H]1C[C@@]2(C)[C@@H](C[C@@H](O)[C@H]3[C@@]4(C)CC[C@@H](O)[C@@H](C=N)[C@@H]4CC[C@@]32C)C1C(CCCC(C)C)C(=O)O. The largest absolute Gasteiger partial charge is 0.481 e. The lowest BCUT2D eigenvalue weighted by atomic mass is 9.36. The molecule has 12 atom stereocenters. The van der Waals surface area contributed by atoms with Gasteiger partial charge in [-0.3, -0.25) is 9.59 Å². The van der Waals surface area contributed by atoms with Crippen LogP contribution in [0.1, 0.15) is 99.3 Å². The van der Waals surface area contributed by atoms with Crippen LogP contribution in [-0.4, -0.2) is 51.8 Å². The predicted molar refractivity (Wildman–Crippen MR) is 146 cm³/mol. The van der Waals surface area contributed by atoms with E-state index in [0.29, 0.717) is 31.6 Å². The number of esters is 1. The van der Waals surface area contributed by atoms with Gasteiger partial charge in [0.05, 0.1) is 18.1 Å². The first-order valence-corrected chi connectivity index (χ1v) is 15.0. The van der Waals surface area contributed by atoms with E-state index in [9.17, 15) is 24.9 Å². The summed E-state index contributed by atoms with van der Waals surface area (Å²) in [6.07, 6.45) is 6.45. The quantitative estimate of drug-likeness (QED) is 0.247. The molecule has 0 amide bonds. The van der Waals surface area contributed by atoms with Gasteiger partial charge in [-0.2, -0.15) is 0 Å². The molecule has 4 aliphatic rings. The van der Waals surface area contributed by atoms with E-state index in [2.05, 4.69) is 34.6 Å². The average Bonchev–Trinajstić information content (AvgIpc) is 3.08. The third kappa shape index (κ3) is 4.53. The lowest BCUT2D eigenvalue weighted by Crippen LogP contribution is -2.66. The van der Waals surface area contributed by atoms with Gasteiger partial charge >= 0.3 is 11.9 Å². The molecule has 0 aromatic heterocycles. The molecule has 0 aromatic carbocycles. The minimum Gasteiger partial charge on any atom is -0.481 e. The second kappa shape index (κ2) is 10.5. The Labute approximate surface area is 228 Å². The number of carboxylic acids is 1. The van der Waals surface area contributed by atoms with E-state index in [1.54, 1.807) is 0 Å². The van der Waals surface area contributed by atoms with Crippen molar-refractivity contribution in [2.75, 3.05) is 0 Å². The zero-order valence-electron chi connectivity index (χ0n) is 24.3. The Kier molecular flexibility index (Phi) is 8.15. The fraction of sp³-hybridized carbons (Fsp3) is 0.903. The highest BCUT2D eigenvalue weighted by molar-refractivity contribution is 5.71. The number of aliphatic hydroxyl groups is 2. The topological polar surface area (TPSA) is 128 Å². The van der Waals surface area contributed by atoms with Gasteiger partial charge in [-0.25, -0.2) is 0 Å². The van der Waals surface area contributed by atoms with E-state index in [-0.39, 0.29) is 51.8 Å². The zero-order chi connectivity index (χ0) is 28.2. The fourth-order valence-electron chi connectivity index (χ4n) is 10.5. The summed E-state index contributed by atoms with van der Waals surface area (Å²) in [5.74, 6) is -1.78. The van der Waals surface area contributed by atoms with E-state index in [1.165, 1.54) is 13.1 Å². The summed E-state index contributed by atoms with van der Waals surface area (Å²) in [7, 11) is 0. The van der Waals surface area contributed by atoms with E-state index in [1.807, 2.05) is 0 Å². The molecule has 7 heteroatoms. The van der Waals surface area contributed by atoms with Crippen molar-refractivity contribution in [3.8, 4) is 0 Å². The van der Waals surface area contributed by atoms with Crippen molar-refractivity contribution in [3.05, 3.63) is 0 Å². The molecule has 2 unspecified atom stereocenters. The lowest BCUT2D eigenvalue weighted by molar-refractivity contribution is -0.236. The number of aliphatic hydroxyl groups excluding tert-OH is 2. The number of carboxylic acid groups (broad SMARTS) is 1. The minimum absolute atomic E-state index is 0.0223. The Morgan fingerprint density at radius 3 is 2.29 bits per heavy atom. The molecule has 0 radical (unpaired) electrons. The zero-order valence-corrected chi connectivity index (χ0v) is 24.3. The number of aliphatic carboxylic acids is 1.